The van der Waals surface area contributed by atoms with Crippen molar-refractivity contribution in [1.29, 1.82) is 0 Å². The van der Waals surface area contributed by atoms with E-state index in [0.29, 0.717) is 0 Å². The number of carbonyl (C=O) groups excluding carboxylic acids is 2. The van der Waals surface area contributed by atoms with Gasteiger partial charge in [-0.2, -0.15) is 0 Å². The second-order valence-electron chi connectivity index (χ2n) is 5.67. The minimum absolute atomic E-state index is 0.104. The van der Waals surface area contributed by atoms with E-state index in [1.54, 1.807) is 0 Å². The van der Waals surface area contributed by atoms with Gasteiger partial charge in [-0.25, -0.2) is 0 Å². The topological polar surface area (TPSA) is 76.1 Å². The summed E-state index contributed by atoms with van der Waals surface area (Å²) in [5, 5.41) is 10.2. The van der Waals surface area contributed by atoms with Gasteiger partial charge in [0.1, 0.15) is 0 Å². The van der Waals surface area contributed by atoms with Gasteiger partial charge in [0.05, 0.1) is 18.2 Å². The lowest BCUT2D eigenvalue weighted by molar-refractivity contribution is -0.144. The number of Topliss-reactive ketones (excluding diaryl/α,β-unsaturated/α-hetero) is 1. The number of aliphatic hydroxyl groups excluding tert-OH is 1. The van der Waals surface area contributed by atoms with Crippen LogP contribution >= 0.6 is 0 Å². The van der Waals surface area contributed by atoms with Gasteiger partial charge in [-0.1, -0.05) is 31.2 Å². The first-order valence-corrected chi connectivity index (χ1v) is 7.84. The van der Waals surface area contributed by atoms with Crippen LogP contribution in [0.2, 0.25) is 0 Å². The lowest BCUT2D eigenvalue weighted by Gasteiger charge is -2.29. The zero-order valence-electron chi connectivity index (χ0n) is 14.4. The summed E-state index contributed by atoms with van der Waals surface area (Å²) in [4.78, 5) is 25.9. The van der Waals surface area contributed by atoms with Crippen LogP contribution < -0.4 is 0 Å². The summed E-state index contributed by atoms with van der Waals surface area (Å²) < 4.78 is 10.3. The summed E-state index contributed by atoms with van der Waals surface area (Å²) in [5.74, 6) is -1.43. The number of hydrogen-bond acceptors (Lipinski definition) is 5. The van der Waals surface area contributed by atoms with Crippen molar-refractivity contribution in [2.24, 2.45) is 0 Å². The van der Waals surface area contributed by atoms with E-state index in [4.69, 9.17) is 9.47 Å². The first kappa shape index (κ1) is 18.2. The molecular weight excluding hydrogens is 310 g/mol. The van der Waals surface area contributed by atoms with Crippen molar-refractivity contribution in [1.82, 2.24) is 4.90 Å². The molecule has 6 nitrogen and oxygen atoms in total. The van der Waals surface area contributed by atoms with Gasteiger partial charge >= 0.3 is 0 Å². The van der Waals surface area contributed by atoms with Crippen LogP contribution in [0.4, 0.5) is 0 Å². The molecule has 0 fully saturated rings. The quantitative estimate of drug-likeness (QED) is 0.774. The molecule has 0 bridgehead atoms. The van der Waals surface area contributed by atoms with E-state index in [2.05, 4.69) is 6.92 Å². The van der Waals surface area contributed by atoms with Crippen molar-refractivity contribution in [3.63, 3.8) is 0 Å². The van der Waals surface area contributed by atoms with Crippen molar-refractivity contribution < 1.29 is 24.2 Å². The Morgan fingerprint density at radius 1 is 1.25 bits per heavy atom. The Labute approximate surface area is 141 Å². The van der Waals surface area contributed by atoms with Gasteiger partial charge in [0.15, 0.2) is 17.8 Å². The van der Waals surface area contributed by atoms with Gasteiger partial charge in [-0.15, -0.1) is 0 Å². The van der Waals surface area contributed by atoms with E-state index in [1.807, 2.05) is 24.3 Å². The van der Waals surface area contributed by atoms with Crippen molar-refractivity contribution >= 4 is 11.7 Å². The van der Waals surface area contributed by atoms with Crippen molar-refractivity contribution in [3.8, 4) is 0 Å². The van der Waals surface area contributed by atoms with E-state index in [9.17, 15) is 14.7 Å². The van der Waals surface area contributed by atoms with E-state index in [0.717, 1.165) is 17.5 Å². The molecule has 24 heavy (non-hydrogen) atoms. The molecule has 1 aromatic rings. The van der Waals surface area contributed by atoms with Crippen LogP contribution in [0.5, 0.6) is 0 Å². The highest BCUT2D eigenvalue weighted by molar-refractivity contribution is 6.08. The third-order valence-corrected chi connectivity index (χ3v) is 4.26. The average molecular weight is 333 g/mol. The van der Waals surface area contributed by atoms with Crippen LogP contribution in [0, 0.1) is 0 Å². The number of ketones is 1. The fourth-order valence-electron chi connectivity index (χ4n) is 2.89. The second-order valence-corrected chi connectivity index (χ2v) is 5.67. The number of benzene rings is 1. The lowest BCUT2D eigenvalue weighted by Crippen LogP contribution is -2.38. The Morgan fingerprint density at radius 2 is 1.83 bits per heavy atom. The Morgan fingerprint density at radius 3 is 2.29 bits per heavy atom. The first-order valence-electron chi connectivity index (χ1n) is 7.84. The van der Waals surface area contributed by atoms with E-state index in [1.165, 1.54) is 26.0 Å². The summed E-state index contributed by atoms with van der Waals surface area (Å²) in [7, 11) is 2.94. The molecule has 0 saturated carbocycles. The summed E-state index contributed by atoms with van der Waals surface area (Å²) >= 11 is 0. The molecule has 130 valence electrons. The summed E-state index contributed by atoms with van der Waals surface area (Å²) in [6, 6.07) is 7.01. The molecule has 1 heterocycles. The third kappa shape index (κ3) is 3.34. The van der Waals surface area contributed by atoms with Crippen LogP contribution in [0.3, 0.4) is 0 Å². The first-order chi connectivity index (χ1) is 11.4. The van der Waals surface area contributed by atoms with Crippen LogP contribution in [0.1, 0.15) is 31.0 Å². The van der Waals surface area contributed by atoms with E-state index >= 15 is 0 Å². The molecular formula is C18H23NO5. The highest BCUT2D eigenvalue weighted by Gasteiger charge is 2.43. The molecule has 0 aliphatic carbocycles. The molecule has 0 aromatic heterocycles. The predicted molar refractivity (Wildman–Crippen MR) is 88.4 cm³/mol. The van der Waals surface area contributed by atoms with E-state index < -0.39 is 24.0 Å². The Balaban J connectivity index is 2.45. The zero-order chi connectivity index (χ0) is 17.9. The maximum atomic E-state index is 12.4. The number of aryl methyl sites for hydroxylation is 1. The molecule has 0 radical (unpaired) electrons. The van der Waals surface area contributed by atoms with Gasteiger partial charge in [0, 0.05) is 14.2 Å². The summed E-state index contributed by atoms with van der Waals surface area (Å²) in [5.41, 5.74) is 2.02. The zero-order valence-corrected chi connectivity index (χ0v) is 14.4. The lowest BCUT2D eigenvalue weighted by atomic mass is 9.95. The van der Waals surface area contributed by atoms with Gasteiger partial charge in [0.2, 0.25) is 0 Å². The number of hydrogen-bond donors (Lipinski definition) is 1. The molecule has 6 heteroatoms. The van der Waals surface area contributed by atoms with Crippen molar-refractivity contribution in [2.75, 3.05) is 20.8 Å². The van der Waals surface area contributed by atoms with E-state index in [-0.39, 0.29) is 17.9 Å². The normalized spacial score (nSPS) is 18.0. The number of rotatable bonds is 7. The van der Waals surface area contributed by atoms with Crippen LogP contribution in [-0.2, 0) is 25.5 Å². The van der Waals surface area contributed by atoms with Crippen LogP contribution in [0.25, 0.3) is 0 Å². The molecule has 2 rings (SSSR count). The van der Waals surface area contributed by atoms with Crippen molar-refractivity contribution in [2.45, 2.75) is 32.6 Å². The second kappa shape index (κ2) is 7.59. The highest BCUT2D eigenvalue weighted by atomic mass is 16.7. The number of methoxy groups -OCH3 is 2. The predicted octanol–water partition coefficient (Wildman–Crippen LogP) is 2.15. The molecule has 0 saturated heterocycles. The monoisotopic (exact) mass is 333 g/mol. The molecule has 1 N–H and O–H groups in total. The molecule has 0 spiro atoms. The number of amides is 1. The molecule has 1 aliphatic heterocycles. The molecule has 0 unspecified atom stereocenters. The summed E-state index contributed by atoms with van der Waals surface area (Å²) in [6.45, 7) is 3.50. The minimum atomic E-state index is -0.648. The van der Waals surface area contributed by atoms with Crippen molar-refractivity contribution in [3.05, 3.63) is 46.7 Å². The maximum Gasteiger partial charge on any atom is 0.290 e. The van der Waals surface area contributed by atoms with Gasteiger partial charge in [0.25, 0.3) is 5.91 Å². The number of ether oxygens (including phenoxy) is 2. The molecule has 1 atom stereocenters. The fourth-order valence-corrected chi connectivity index (χ4v) is 2.89. The summed E-state index contributed by atoms with van der Waals surface area (Å²) in [6.07, 6.45) is 0.245. The van der Waals surface area contributed by atoms with Crippen LogP contribution in [-0.4, -0.2) is 48.8 Å². The molecule has 1 aliphatic rings. The SMILES string of the molecule is CCc1ccc([C@@H]2C(C(C)=O)=C(O)C(=O)N2CC(OC)OC)cc1. The molecule has 1 amide bonds. The number of nitrogens with zero attached hydrogens (tertiary/aromatic N) is 1. The average Bonchev–Trinajstić information content (AvgIpc) is 2.84. The van der Waals surface area contributed by atoms with Gasteiger partial charge < -0.3 is 19.5 Å². The van der Waals surface area contributed by atoms with Gasteiger partial charge in [-0.3, -0.25) is 9.59 Å². The largest absolute Gasteiger partial charge is 0.503 e. The molecule has 1 aromatic carbocycles. The number of aliphatic hydroxyl groups is 1. The standard InChI is InChI=1S/C18H23NO5/c1-5-12-6-8-13(9-7-12)16-15(11(2)20)17(21)18(22)19(16)10-14(23-3)24-4/h6-9,14,16,21H,5,10H2,1-4H3/t16-/m1/s1. The van der Waals surface area contributed by atoms with Crippen LogP contribution in [0.15, 0.2) is 35.6 Å². The number of carbonyl (C=O) groups is 2. The fraction of sp³-hybridized carbons (Fsp3) is 0.444. The Kier molecular flexibility index (Phi) is 5.75. The third-order valence-electron chi connectivity index (χ3n) is 4.26. The maximum absolute atomic E-state index is 12.4. The minimum Gasteiger partial charge on any atom is -0.503 e. The van der Waals surface area contributed by atoms with Gasteiger partial charge in [-0.05, 0) is 24.5 Å². The smallest absolute Gasteiger partial charge is 0.290 e. The Hall–Kier alpha value is -2.18. The Bertz CT molecular complexity index is 646. The highest BCUT2D eigenvalue weighted by Crippen LogP contribution is 2.37.